The largest absolute Gasteiger partial charge is 0.450 e. The van der Waals surface area contributed by atoms with Gasteiger partial charge in [0.15, 0.2) is 5.13 Å². The Morgan fingerprint density at radius 2 is 2.25 bits per heavy atom. The highest BCUT2D eigenvalue weighted by Gasteiger charge is 2.25. The minimum Gasteiger partial charge on any atom is -0.450 e. The molecule has 0 bridgehead atoms. The number of carbonyl (C=O) groups is 2. The van der Waals surface area contributed by atoms with Gasteiger partial charge in [-0.2, -0.15) is 0 Å². The summed E-state index contributed by atoms with van der Waals surface area (Å²) >= 11 is 1.36. The molecule has 1 aliphatic heterocycles. The van der Waals surface area contributed by atoms with E-state index in [4.69, 9.17) is 4.74 Å². The lowest BCUT2D eigenvalue weighted by Gasteiger charge is -2.26. The summed E-state index contributed by atoms with van der Waals surface area (Å²) in [7, 11) is 0. The van der Waals surface area contributed by atoms with Gasteiger partial charge in [-0.25, -0.2) is 14.5 Å². The highest BCUT2D eigenvalue weighted by atomic mass is 32.1. The Morgan fingerprint density at radius 3 is 3.04 bits per heavy atom. The number of carbonyl (C=O) groups excluding carboxylic acids is 2. The van der Waals surface area contributed by atoms with Gasteiger partial charge < -0.3 is 9.64 Å². The van der Waals surface area contributed by atoms with Crippen molar-refractivity contribution in [2.24, 2.45) is 0 Å². The first kappa shape index (κ1) is 18.0. The van der Waals surface area contributed by atoms with Gasteiger partial charge in [-0.1, -0.05) is 17.4 Å². The Labute approximate surface area is 164 Å². The molecule has 2 aromatic heterocycles. The third kappa shape index (κ3) is 3.69. The van der Waals surface area contributed by atoms with Gasteiger partial charge in [0.1, 0.15) is 6.33 Å². The molecule has 0 fully saturated rings. The molecule has 0 aliphatic carbocycles. The Bertz CT molecular complexity index is 1000. The van der Waals surface area contributed by atoms with Crippen molar-refractivity contribution in [3.05, 3.63) is 46.7 Å². The average molecular weight is 399 g/mol. The van der Waals surface area contributed by atoms with Crippen LogP contribution in [0.5, 0.6) is 0 Å². The fourth-order valence-corrected chi connectivity index (χ4v) is 3.93. The summed E-state index contributed by atoms with van der Waals surface area (Å²) in [6.45, 7) is 3.04. The Morgan fingerprint density at radius 1 is 1.36 bits per heavy atom. The van der Waals surface area contributed by atoms with Crippen molar-refractivity contribution in [2.75, 3.05) is 18.5 Å². The van der Waals surface area contributed by atoms with Crippen molar-refractivity contribution >= 4 is 28.5 Å². The molecule has 1 N–H and O–H groups in total. The third-order valence-electron chi connectivity index (χ3n) is 4.21. The monoisotopic (exact) mass is 399 g/mol. The smallest absolute Gasteiger partial charge is 0.413 e. The lowest BCUT2D eigenvalue weighted by atomic mass is 10.1. The Hall–Kier alpha value is -3.34. The number of nitrogens with zero attached hydrogens (tertiary/aromatic N) is 6. The summed E-state index contributed by atoms with van der Waals surface area (Å²) in [6, 6.07) is 7.16. The predicted molar refractivity (Wildman–Crippen MR) is 100 cm³/mol. The number of amides is 2. The van der Waals surface area contributed by atoms with Gasteiger partial charge in [0.25, 0.3) is 5.91 Å². The molecule has 0 radical (unpaired) electrons. The van der Waals surface area contributed by atoms with E-state index >= 15 is 0 Å². The summed E-state index contributed by atoms with van der Waals surface area (Å²) in [5.74, 6) is -0.0751. The number of benzene rings is 1. The second-order valence-corrected chi connectivity index (χ2v) is 7.10. The fraction of sp³-hybridized carbons (Fsp3) is 0.294. The summed E-state index contributed by atoms with van der Waals surface area (Å²) < 4.78 is 6.37. The Balaban J connectivity index is 1.48. The summed E-state index contributed by atoms with van der Waals surface area (Å²) in [5, 5.41) is 14.2. The molecule has 11 heteroatoms. The highest BCUT2D eigenvalue weighted by molar-refractivity contribution is 7.15. The van der Waals surface area contributed by atoms with Crippen molar-refractivity contribution in [1.82, 2.24) is 30.1 Å². The van der Waals surface area contributed by atoms with E-state index in [1.807, 2.05) is 6.07 Å². The Kier molecular flexibility index (Phi) is 4.98. The molecule has 1 aliphatic rings. The van der Waals surface area contributed by atoms with Gasteiger partial charge in [0.05, 0.1) is 24.5 Å². The molecule has 0 saturated heterocycles. The average Bonchev–Trinajstić information content (AvgIpc) is 3.36. The van der Waals surface area contributed by atoms with Gasteiger partial charge >= 0.3 is 6.09 Å². The number of fused-ring (bicyclic) bond motifs is 1. The van der Waals surface area contributed by atoms with E-state index in [1.54, 1.807) is 30.0 Å². The molecule has 1 aromatic carbocycles. The van der Waals surface area contributed by atoms with E-state index in [0.717, 1.165) is 10.6 Å². The normalized spacial score (nSPS) is 13.1. The molecule has 10 nitrogen and oxygen atoms in total. The third-order valence-corrected chi connectivity index (χ3v) is 5.21. The number of tetrazole rings is 1. The second kappa shape index (κ2) is 7.72. The molecular formula is C17H17N7O3S. The van der Waals surface area contributed by atoms with Crippen LogP contribution in [0, 0.1) is 0 Å². The van der Waals surface area contributed by atoms with Crippen LogP contribution in [-0.2, 0) is 17.7 Å². The maximum atomic E-state index is 13.0. The van der Waals surface area contributed by atoms with Gasteiger partial charge in [0, 0.05) is 23.4 Å². The van der Waals surface area contributed by atoms with Crippen molar-refractivity contribution in [2.45, 2.75) is 19.9 Å². The van der Waals surface area contributed by atoms with Crippen LogP contribution in [0.1, 0.15) is 27.9 Å². The van der Waals surface area contributed by atoms with Crippen molar-refractivity contribution in [1.29, 1.82) is 0 Å². The number of hydrogen-bond donors (Lipinski definition) is 1. The molecule has 0 unspecified atom stereocenters. The number of thiazole rings is 1. The fourth-order valence-electron chi connectivity index (χ4n) is 2.92. The van der Waals surface area contributed by atoms with Crippen molar-refractivity contribution in [3.63, 3.8) is 0 Å². The first-order chi connectivity index (χ1) is 13.6. The van der Waals surface area contributed by atoms with Crippen LogP contribution in [0.2, 0.25) is 0 Å². The predicted octanol–water partition coefficient (Wildman–Crippen LogP) is 1.89. The van der Waals surface area contributed by atoms with Gasteiger partial charge in [-0.3, -0.25) is 10.1 Å². The standard InChI is InChI=1S/C17H17N7O3S/c1-2-27-17(26)20-16-19-13-6-7-23(9-14(13)28-16)15(25)11-4-3-5-12(8-11)24-10-18-21-22-24/h3-5,8,10H,2,6-7,9H2,1H3,(H,19,20,26). The van der Waals surface area contributed by atoms with Crippen LogP contribution in [-0.4, -0.2) is 55.2 Å². The molecule has 3 aromatic rings. The van der Waals surface area contributed by atoms with Gasteiger partial charge in [-0.05, 0) is 35.5 Å². The maximum absolute atomic E-state index is 13.0. The quantitative estimate of drug-likeness (QED) is 0.712. The minimum absolute atomic E-state index is 0.0751. The number of ether oxygens (including phenoxy) is 1. The number of anilines is 1. The molecular weight excluding hydrogens is 382 g/mol. The first-order valence-electron chi connectivity index (χ1n) is 8.69. The molecule has 0 spiro atoms. The van der Waals surface area contributed by atoms with Gasteiger partial charge in [0.2, 0.25) is 0 Å². The molecule has 3 heterocycles. The van der Waals surface area contributed by atoms with Crippen LogP contribution in [0.3, 0.4) is 0 Å². The number of nitrogens with one attached hydrogen (secondary N) is 1. The first-order valence-corrected chi connectivity index (χ1v) is 9.50. The number of rotatable bonds is 4. The SMILES string of the molecule is CCOC(=O)Nc1nc2c(s1)CN(C(=O)c1cccc(-n3cnnn3)c1)CC2. The minimum atomic E-state index is -0.527. The molecule has 4 rings (SSSR count). The topological polar surface area (TPSA) is 115 Å². The highest BCUT2D eigenvalue weighted by Crippen LogP contribution is 2.29. The lowest BCUT2D eigenvalue weighted by molar-refractivity contribution is 0.0736. The van der Waals surface area contributed by atoms with Gasteiger partial charge in [-0.15, -0.1) is 5.10 Å². The van der Waals surface area contributed by atoms with E-state index in [1.165, 1.54) is 22.3 Å². The zero-order valence-electron chi connectivity index (χ0n) is 15.0. The van der Waals surface area contributed by atoms with Crippen LogP contribution in [0.4, 0.5) is 9.93 Å². The van der Waals surface area contributed by atoms with Crippen LogP contribution in [0.25, 0.3) is 5.69 Å². The number of hydrogen-bond acceptors (Lipinski definition) is 8. The maximum Gasteiger partial charge on any atom is 0.413 e. The molecule has 0 atom stereocenters. The van der Waals surface area contributed by atoms with Crippen LogP contribution < -0.4 is 5.32 Å². The summed E-state index contributed by atoms with van der Waals surface area (Å²) in [4.78, 5) is 31.7. The molecule has 0 saturated carbocycles. The van der Waals surface area contributed by atoms with Crippen LogP contribution in [0.15, 0.2) is 30.6 Å². The lowest BCUT2D eigenvalue weighted by Crippen LogP contribution is -2.35. The molecule has 144 valence electrons. The van der Waals surface area contributed by atoms with E-state index in [-0.39, 0.29) is 5.91 Å². The molecule has 2 amide bonds. The zero-order chi connectivity index (χ0) is 19.5. The van der Waals surface area contributed by atoms with E-state index in [9.17, 15) is 9.59 Å². The number of aromatic nitrogens is 5. The summed E-state index contributed by atoms with van der Waals surface area (Å²) in [6.07, 6.45) is 1.59. The van der Waals surface area contributed by atoms with Crippen LogP contribution >= 0.6 is 11.3 Å². The second-order valence-electron chi connectivity index (χ2n) is 6.02. The zero-order valence-corrected chi connectivity index (χ0v) is 15.8. The van der Waals surface area contributed by atoms with Crippen molar-refractivity contribution < 1.29 is 14.3 Å². The molecule has 28 heavy (non-hydrogen) atoms. The van der Waals surface area contributed by atoms with Crippen molar-refractivity contribution in [3.8, 4) is 5.69 Å². The van der Waals surface area contributed by atoms with E-state index < -0.39 is 6.09 Å². The van der Waals surface area contributed by atoms with E-state index in [0.29, 0.717) is 42.5 Å². The van der Waals surface area contributed by atoms with E-state index in [2.05, 4.69) is 25.8 Å². The summed E-state index contributed by atoms with van der Waals surface area (Å²) in [5.41, 5.74) is 2.18.